The Morgan fingerprint density at radius 2 is 1.57 bits per heavy atom. The molecule has 0 aromatic heterocycles. The molecule has 0 bridgehead atoms. The van der Waals surface area contributed by atoms with E-state index in [0.29, 0.717) is 0 Å². The summed E-state index contributed by atoms with van der Waals surface area (Å²) in [4.78, 5) is 0. The Balaban J connectivity index is 3.61. The highest BCUT2D eigenvalue weighted by atomic mass is 28.4. The van der Waals surface area contributed by atoms with Gasteiger partial charge >= 0.3 is 8.80 Å². The molecule has 5 heteroatoms. The Kier molecular flexibility index (Phi) is 8.41. The summed E-state index contributed by atoms with van der Waals surface area (Å²) >= 11 is 0. The van der Waals surface area contributed by atoms with E-state index < -0.39 is 8.80 Å². The molecule has 0 saturated heterocycles. The van der Waals surface area contributed by atoms with E-state index in [-0.39, 0.29) is 0 Å². The molecule has 0 heterocycles. The normalized spacial score (nSPS) is 12.0. The lowest BCUT2D eigenvalue weighted by Gasteiger charge is -2.24. The number of nitrogens with one attached hydrogen (secondary N) is 1. The highest BCUT2D eigenvalue weighted by Crippen LogP contribution is 2.14. The van der Waals surface area contributed by atoms with Crippen LogP contribution in [0.5, 0.6) is 0 Å². The standard InChI is InChI=1S/C9H23NO3Si/c1-5-7-10-8-6-9-14(11-2,12-3)13-4/h10H,5-9H2,1-4H3. The summed E-state index contributed by atoms with van der Waals surface area (Å²) in [6.07, 6.45) is 2.20. The summed E-state index contributed by atoms with van der Waals surface area (Å²) in [7, 11) is 2.64. The quantitative estimate of drug-likeness (QED) is 0.470. The predicted octanol–water partition coefficient (Wildman–Crippen LogP) is 1.25. The van der Waals surface area contributed by atoms with Crippen LogP contribution in [0, 0.1) is 0 Å². The first-order valence-corrected chi connectivity index (χ1v) is 7.04. The van der Waals surface area contributed by atoms with Crippen molar-refractivity contribution >= 4 is 8.80 Å². The van der Waals surface area contributed by atoms with Crippen molar-refractivity contribution < 1.29 is 13.3 Å². The lowest BCUT2D eigenvalue weighted by atomic mass is 10.4. The van der Waals surface area contributed by atoms with Crippen LogP contribution in [-0.4, -0.2) is 43.2 Å². The molecule has 0 spiro atoms. The lowest BCUT2D eigenvalue weighted by Crippen LogP contribution is -2.43. The molecular weight excluding hydrogens is 198 g/mol. The maximum absolute atomic E-state index is 5.31. The average molecular weight is 221 g/mol. The van der Waals surface area contributed by atoms with Crippen molar-refractivity contribution in [3.63, 3.8) is 0 Å². The third-order valence-corrected chi connectivity index (χ3v) is 5.03. The monoisotopic (exact) mass is 221 g/mol. The van der Waals surface area contributed by atoms with E-state index in [4.69, 9.17) is 13.3 Å². The van der Waals surface area contributed by atoms with Crippen LogP contribution < -0.4 is 5.32 Å². The molecule has 0 radical (unpaired) electrons. The second-order valence-electron chi connectivity index (χ2n) is 3.15. The van der Waals surface area contributed by atoms with Crippen molar-refractivity contribution in [1.82, 2.24) is 5.32 Å². The molecule has 86 valence electrons. The second-order valence-corrected chi connectivity index (χ2v) is 6.24. The molecule has 0 atom stereocenters. The number of hydrogen-bond donors (Lipinski definition) is 1. The van der Waals surface area contributed by atoms with E-state index in [1.165, 1.54) is 6.42 Å². The molecule has 0 unspecified atom stereocenters. The highest BCUT2D eigenvalue weighted by Gasteiger charge is 2.36. The number of rotatable bonds is 9. The molecule has 0 aliphatic heterocycles. The van der Waals surface area contributed by atoms with Gasteiger partial charge in [0.25, 0.3) is 0 Å². The van der Waals surface area contributed by atoms with Crippen molar-refractivity contribution in [2.45, 2.75) is 25.8 Å². The van der Waals surface area contributed by atoms with E-state index in [0.717, 1.165) is 25.6 Å². The molecule has 14 heavy (non-hydrogen) atoms. The third-order valence-electron chi connectivity index (χ3n) is 2.20. The Morgan fingerprint density at radius 1 is 1.00 bits per heavy atom. The van der Waals surface area contributed by atoms with Gasteiger partial charge in [-0.15, -0.1) is 0 Å². The first-order chi connectivity index (χ1) is 6.74. The van der Waals surface area contributed by atoms with Crippen molar-refractivity contribution in [2.75, 3.05) is 34.4 Å². The van der Waals surface area contributed by atoms with Crippen LogP contribution >= 0.6 is 0 Å². The van der Waals surface area contributed by atoms with Crippen molar-refractivity contribution in [3.05, 3.63) is 0 Å². The van der Waals surface area contributed by atoms with Crippen molar-refractivity contribution in [1.29, 1.82) is 0 Å². The smallest absolute Gasteiger partial charge is 0.377 e. The fourth-order valence-corrected chi connectivity index (χ4v) is 3.01. The topological polar surface area (TPSA) is 39.7 Å². The summed E-state index contributed by atoms with van der Waals surface area (Å²) in [5.74, 6) is 0. The zero-order chi connectivity index (χ0) is 10.9. The Morgan fingerprint density at radius 3 is 2.00 bits per heavy atom. The minimum atomic E-state index is -2.32. The van der Waals surface area contributed by atoms with E-state index >= 15 is 0 Å². The van der Waals surface area contributed by atoms with Gasteiger partial charge in [0, 0.05) is 27.4 Å². The van der Waals surface area contributed by atoms with Crippen LogP contribution in [-0.2, 0) is 13.3 Å². The first-order valence-electron chi connectivity index (χ1n) is 5.10. The minimum absolute atomic E-state index is 0.868. The van der Waals surface area contributed by atoms with Gasteiger partial charge in [0.05, 0.1) is 0 Å². The van der Waals surface area contributed by atoms with Crippen LogP contribution in [0.2, 0.25) is 6.04 Å². The highest BCUT2D eigenvalue weighted by molar-refractivity contribution is 6.60. The van der Waals surface area contributed by atoms with E-state index in [2.05, 4.69) is 12.2 Å². The molecule has 0 rings (SSSR count). The maximum Gasteiger partial charge on any atom is 0.500 e. The van der Waals surface area contributed by atoms with Gasteiger partial charge in [0.1, 0.15) is 0 Å². The first kappa shape index (κ1) is 14.1. The average Bonchev–Trinajstić information content (AvgIpc) is 2.24. The van der Waals surface area contributed by atoms with E-state index in [1.54, 1.807) is 21.3 Å². The fraction of sp³-hybridized carbons (Fsp3) is 1.00. The second kappa shape index (κ2) is 8.37. The van der Waals surface area contributed by atoms with Crippen LogP contribution in [0.3, 0.4) is 0 Å². The molecule has 0 saturated carbocycles. The van der Waals surface area contributed by atoms with Gasteiger partial charge in [-0.05, 0) is 25.9 Å². The Bertz CT molecular complexity index is 123. The number of hydrogen-bond acceptors (Lipinski definition) is 4. The largest absolute Gasteiger partial charge is 0.500 e. The molecule has 0 fully saturated rings. The van der Waals surface area contributed by atoms with Gasteiger partial charge in [0.15, 0.2) is 0 Å². The fourth-order valence-electron chi connectivity index (χ4n) is 1.29. The minimum Gasteiger partial charge on any atom is -0.377 e. The molecule has 0 aliphatic carbocycles. The molecule has 0 aliphatic rings. The summed E-state index contributed by atoms with van der Waals surface area (Å²) < 4.78 is 15.9. The van der Waals surface area contributed by atoms with Gasteiger partial charge in [-0.25, -0.2) is 0 Å². The maximum atomic E-state index is 5.31. The van der Waals surface area contributed by atoms with E-state index in [9.17, 15) is 0 Å². The lowest BCUT2D eigenvalue weighted by molar-refractivity contribution is 0.123. The summed E-state index contributed by atoms with van der Waals surface area (Å²) in [6, 6.07) is 0.868. The summed E-state index contributed by atoms with van der Waals surface area (Å²) in [6.45, 7) is 4.23. The van der Waals surface area contributed by atoms with Gasteiger partial charge in [-0.1, -0.05) is 6.92 Å². The van der Waals surface area contributed by atoms with Crippen LogP contribution in [0.4, 0.5) is 0 Å². The van der Waals surface area contributed by atoms with Crippen LogP contribution in [0.15, 0.2) is 0 Å². The molecule has 4 nitrogen and oxygen atoms in total. The molecule has 0 aromatic carbocycles. The molecule has 1 N–H and O–H groups in total. The SMILES string of the molecule is CCCNCCC[Si](OC)(OC)OC. The van der Waals surface area contributed by atoms with Crippen LogP contribution in [0.25, 0.3) is 0 Å². The summed E-state index contributed by atoms with van der Waals surface area (Å²) in [5, 5.41) is 3.34. The predicted molar refractivity (Wildman–Crippen MR) is 59.4 cm³/mol. The molecular formula is C9H23NO3Si. The van der Waals surface area contributed by atoms with Gasteiger partial charge in [-0.3, -0.25) is 0 Å². The van der Waals surface area contributed by atoms with Crippen LogP contribution in [0.1, 0.15) is 19.8 Å². The van der Waals surface area contributed by atoms with Gasteiger partial charge in [0.2, 0.25) is 0 Å². The summed E-state index contributed by atoms with van der Waals surface area (Å²) in [5.41, 5.74) is 0. The zero-order valence-corrected chi connectivity index (χ0v) is 10.8. The molecule has 0 amide bonds. The zero-order valence-electron chi connectivity index (χ0n) is 9.76. The Hall–Kier alpha value is 0.0569. The van der Waals surface area contributed by atoms with Gasteiger partial charge < -0.3 is 18.6 Å². The van der Waals surface area contributed by atoms with E-state index in [1.807, 2.05) is 0 Å². The molecule has 0 aromatic rings. The van der Waals surface area contributed by atoms with Crippen molar-refractivity contribution in [3.8, 4) is 0 Å². The Labute approximate surface area is 88.3 Å². The van der Waals surface area contributed by atoms with Gasteiger partial charge in [-0.2, -0.15) is 0 Å². The van der Waals surface area contributed by atoms with Crippen molar-refractivity contribution in [2.24, 2.45) is 0 Å². The third kappa shape index (κ3) is 5.07.